The molecule has 0 N–H and O–H groups in total. The van der Waals surface area contributed by atoms with Gasteiger partial charge in [0.15, 0.2) is 5.82 Å². The van der Waals surface area contributed by atoms with Crippen molar-refractivity contribution in [1.29, 1.82) is 0 Å². The molecule has 2 heteroatoms. The van der Waals surface area contributed by atoms with Crippen molar-refractivity contribution < 1.29 is 0 Å². The summed E-state index contributed by atoms with van der Waals surface area (Å²) in [5.74, 6) is 0.704. The molecular weight excluding hydrogens is 713 g/mol. The number of benzene rings is 9. The Labute approximate surface area is 345 Å². The molecule has 0 spiro atoms. The smallest absolute Gasteiger partial charge is 0.160 e. The molecule has 11 rings (SSSR count). The molecule has 1 aliphatic carbocycles. The van der Waals surface area contributed by atoms with Crippen LogP contribution >= 0.6 is 0 Å². The van der Waals surface area contributed by atoms with Crippen LogP contribution < -0.4 is 0 Å². The second kappa shape index (κ2) is 13.9. The second-order valence-electron chi connectivity index (χ2n) is 16.2. The van der Waals surface area contributed by atoms with Crippen molar-refractivity contribution in [3.63, 3.8) is 0 Å². The van der Waals surface area contributed by atoms with E-state index in [0.717, 1.165) is 39.0 Å². The first-order valence-electron chi connectivity index (χ1n) is 20.4. The molecule has 0 atom stereocenters. The monoisotopic (exact) mass is 752 g/mol. The summed E-state index contributed by atoms with van der Waals surface area (Å²) in [6.07, 6.45) is 0. The molecule has 59 heavy (non-hydrogen) atoms. The first-order chi connectivity index (χ1) is 29.0. The fourth-order valence-electron chi connectivity index (χ4n) is 9.39. The van der Waals surface area contributed by atoms with Crippen molar-refractivity contribution in [3.8, 4) is 78.4 Å². The highest BCUT2D eigenvalue weighted by molar-refractivity contribution is 6.05. The van der Waals surface area contributed by atoms with Gasteiger partial charge in [0.25, 0.3) is 0 Å². The fraction of sp³-hybridized carbons (Fsp3) is 0.0526. The van der Waals surface area contributed by atoms with Crippen molar-refractivity contribution >= 4 is 21.5 Å². The molecule has 1 heterocycles. The Morgan fingerprint density at radius 3 is 1.73 bits per heavy atom. The quantitative estimate of drug-likeness (QED) is 0.169. The second-order valence-corrected chi connectivity index (χ2v) is 16.2. The van der Waals surface area contributed by atoms with Crippen LogP contribution in [-0.4, -0.2) is 9.97 Å². The lowest BCUT2D eigenvalue weighted by Crippen LogP contribution is -2.16. The van der Waals surface area contributed by atoms with E-state index < -0.39 is 0 Å². The van der Waals surface area contributed by atoms with Gasteiger partial charge in [-0.2, -0.15) is 0 Å². The van der Waals surface area contributed by atoms with E-state index >= 15 is 0 Å². The first-order valence-corrected chi connectivity index (χ1v) is 20.4. The normalized spacial score (nSPS) is 12.7. The zero-order valence-electron chi connectivity index (χ0n) is 33.0. The van der Waals surface area contributed by atoms with Crippen molar-refractivity contribution in [1.82, 2.24) is 9.97 Å². The predicted octanol–water partition coefficient (Wildman–Crippen LogP) is 15.1. The molecule has 0 bridgehead atoms. The molecule has 9 aromatic carbocycles. The molecule has 10 aromatic rings. The zero-order chi connectivity index (χ0) is 39.5. The van der Waals surface area contributed by atoms with Crippen LogP contribution in [-0.2, 0) is 5.41 Å². The Morgan fingerprint density at radius 1 is 0.322 bits per heavy atom. The fourth-order valence-corrected chi connectivity index (χ4v) is 9.39. The molecule has 0 amide bonds. The summed E-state index contributed by atoms with van der Waals surface area (Å²) in [6, 6.07) is 74.4. The predicted molar refractivity (Wildman–Crippen MR) is 247 cm³/mol. The van der Waals surface area contributed by atoms with E-state index in [-0.39, 0.29) is 5.41 Å². The SMILES string of the molecule is CC1(C)c2ccccc2-c2cccc(-c3cccc(-c4ccc(-c5cc(-c6cccc(-c7ccc8ccccc8c7)c6)nc(-c6ccccc6)n5)c5ccccc45)c3)c21. The minimum atomic E-state index is -0.0976. The Morgan fingerprint density at radius 2 is 0.881 bits per heavy atom. The number of fused-ring (bicyclic) bond motifs is 5. The van der Waals surface area contributed by atoms with Crippen LogP contribution in [0.1, 0.15) is 25.0 Å². The van der Waals surface area contributed by atoms with Crippen molar-refractivity contribution in [3.05, 3.63) is 217 Å². The molecule has 0 saturated heterocycles. The van der Waals surface area contributed by atoms with Gasteiger partial charge in [-0.05, 0) is 101 Å². The van der Waals surface area contributed by atoms with Gasteiger partial charge in [-0.3, -0.25) is 0 Å². The Kier molecular flexibility index (Phi) is 8.20. The van der Waals surface area contributed by atoms with Crippen molar-refractivity contribution in [2.45, 2.75) is 19.3 Å². The largest absolute Gasteiger partial charge is 0.228 e. The van der Waals surface area contributed by atoms with E-state index in [2.05, 4.69) is 202 Å². The van der Waals surface area contributed by atoms with Gasteiger partial charge in [-0.1, -0.05) is 196 Å². The lowest BCUT2D eigenvalue weighted by atomic mass is 9.78. The number of aromatic nitrogens is 2. The molecule has 1 aliphatic rings. The minimum Gasteiger partial charge on any atom is -0.228 e. The number of hydrogen-bond acceptors (Lipinski definition) is 2. The molecule has 0 radical (unpaired) electrons. The van der Waals surface area contributed by atoms with Crippen LogP contribution in [0, 0.1) is 0 Å². The Balaban J connectivity index is 1.03. The summed E-state index contributed by atoms with van der Waals surface area (Å²) in [7, 11) is 0. The van der Waals surface area contributed by atoms with Gasteiger partial charge in [-0.25, -0.2) is 9.97 Å². The third kappa shape index (κ3) is 5.96. The van der Waals surface area contributed by atoms with Crippen LogP contribution in [0.2, 0.25) is 0 Å². The molecule has 1 aromatic heterocycles. The first kappa shape index (κ1) is 34.8. The van der Waals surface area contributed by atoms with E-state index in [0.29, 0.717) is 5.82 Å². The minimum absolute atomic E-state index is 0.0976. The molecule has 0 saturated carbocycles. The van der Waals surface area contributed by atoms with Crippen LogP contribution in [0.15, 0.2) is 206 Å². The van der Waals surface area contributed by atoms with Crippen molar-refractivity contribution in [2.75, 3.05) is 0 Å². The number of hydrogen-bond donors (Lipinski definition) is 0. The topological polar surface area (TPSA) is 25.8 Å². The molecule has 0 unspecified atom stereocenters. The van der Waals surface area contributed by atoms with E-state index in [4.69, 9.17) is 9.97 Å². The van der Waals surface area contributed by atoms with E-state index in [1.54, 1.807) is 0 Å². The van der Waals surface area contributed by atoms with Gasteiger partial charge in [0.2, 0.25) is 0 Å². The highest BCUT2D eigenvalue weighted by atomic mass is 14.9. The van der Waals surface area contributed by atoms with Gasteiger partial charge in [0.1, 0.15) is 0 Å². The highest BCUT2D eigenvalue weighted by Gasteiger charge is 2.37. The summed E-state index contributed by atoms with van der Waals surface area (Å²) < 4.78 is 0. The third-order valence-electron chi connectivity index (χ3n) is 12.3. The average molecular weight is 753 g/mol. The summed E-state index contributed by atoms with van der Waals surface area (Å²) in [5.41, 5.74) is 17.5. The van der Waals surface area contributed by atoms with E-state index in [1.807, 2.05) is 18.2 Å². The summed E-state index contributed by atoms with van der Waals surface area (Å²) in [6.45, 7) is 4.72. The number of nitrogens with zero attached hydrogens (tertiary/aromatic N) is 2. The maximum Gasteiger partial charge on any atom is 0.160 e. The maximum atomic E-state index is 5.27. The van der Waals surface area contributed by atoms with E-state index in [9.17, 15) is 0 Å². The molecule has 2 nitrogen and oxygen atoms in total. The summed E-state index contributed by atoms with van der Waals surface area (Å²) in [5, 5.41) is 4.81. The summed E-state index contributed by atoms with van der Waals surface area (Å²) in [4.78, 5) is 10.5. The van der Waals surface area contributed by atoms with E-state index in [1.165, 1.54) is 66.2 Å². The molecular formula is C57H40N2. The Hall–Kier alpha value is -7.42. The van der Waals surface area contributed by atoms with Gasteiger partial charge >= 0.3 is 0 Å². The summed E-state index contributed by atoms with van der Waals surface area (Å²) >= 11 is 0. The zero-order valence-corrected chi connectivity index (χ0v) is 33.0. The molecule has 0 aliphatic heterocycles. The Bertz CT molecular complexity index is 3250. The highest BCUT2D eigenvalue weighted by Crippen LogP contribution is 2.52. The van der Waals surface area contributed by atoms with Crippen LogP contribution in [0.4, 0.5) is 0 Å². The van der Waals surface area contributed by atoms with Gasteiger partial charge in [-0.15, -0.1) is 0 Å². The van der Waals surface area contributed by atoms with Crippen LogP contribution in [0.5, 0.6) is 0 Å². The lowest BCUT2D eigenvalue weighted by molar-refractivity contribution is 0.662. The van der Waals surface area contributed by atoms with Crippen molar-refractivity contribution in [2.24, 2.45) is 0 Å². The molecule has 278 valence electrons. The number of rotatable bonds is 6. The third-order valence-corrected chi connectivity index (χ3v) is 12.3. The molecule has 0 fully saturated rings. The lowest BCUT2D eigenvalue weighted by Gasteiger charge is -2.24. The van der Waals surface area contributed by atoms with Gasteiger partial charge in [0, 0.05) is 22.1 Å². The standard InChI is InChI=1S/C57H40N2/c1-57(2)52-28-11-10-25-49(52)51-27-14-26-46(55(51)57)43-21-13-20-42(35-43)45-31-32-50(48-24-9-8-23-47(45)48)54-36-53(58-56(59-54)38-16-4-3-5-17-38)44-22-12-19-40(34-44)41-30-29-37-15-6-7-18-39(37)33-41/h3-36H,1-2H3. The van der Waals surface area contributed by atoms with Crippen LogP contribution in [0.3, 0.4) is 0 Å². The average Bonchev–Trinajstić information content (AvgIpc) is 3.54. The van der Waals surface area contributed by atoms with Gasteiger partial charge < -0.3 is 0 Å². The maximum absolute atomic E-state index is 5.27. The van der Waals surface area contributed by atoms with Crippen LogP contribution in [0.25, 0.3) is 100.0 Å². The van der Waals surface area contributed by atoms with Gasteiger partial charge in [0.05, 0.1) is 11.4 Å².